The van der Waals surface area contributed by atoms with Gasteiger partial charge in [-0.3, -0.25) is 0 Å². The molecule has 1 fully saturated rings. The lowest BCUT2D eigenvalue weighted by molar-refractivity contribution is -0.139. The van der Waals surface area contributed by atoms with Crippen molar-refractivity contribution in [1.29, 1.82) is 0 Å². The third-order valence-corrected chi connectivity index (χ3v) is 8.16. The molecule has 0 saturated carbocycles. The number of nitrogens with one attached hydrogen (secondary N) is 2. The maximum atomic E-state index is 13.1. The summed E-state index contributed by atoms with van der Waals surface area (Å²) in [5.74, 6) is -1.39. The molecule has 2 aromatic rings. The first kappa shape index (κ1) is 26.7. The van der Waals surface area contributed by atoms with E-state index in [0.29, 0.717) is 13.1 Å². The summed E-state index contributed by atoms with van der Waals surface area (Å²) in [6.07, 6.45) is 3.87. The normalized spacial score (nSPS) is 18.6. The zero-order valence-electron chi connectivity index (χ0n) is 20.0. The van der Waals surface area contributed by atoms with Crippen LogP contribution in [0.4, 0.5) is 4.79 Å². The predicted molar refractivity (Wildman–Crippen MR) is 131 cm³/mol. The van der Waals surface area contributed by atoms with Crippen molar-refractivity contribution in [3.05, 3.63) is 64.2 Å². The van der Waals surface area contributed by atoms with Gasteiger partial charge in [0.05, 0.1) is 39.6 Å². The molecule has 3 heterocycles. The van der Waals surface area contributed by atoms with Gasteiger partial charge in [-0.05, 0) is 50.1 Å². The van der Waals surface area contributed by atoms with Gasteiger partial charge in [0.1, 0.15) is 18.4 Å². The smallest absolute Gasteiger partial charge is 0.340 e. The summed E-state index contributed by atoms with van der Waals surface area (Å²) in [5, 5.41) is 5.05. The number of halogens is 1. The van der Waals surface area contributed by atoms with Crippen LogP contribution in [0.25, 0.3) is 0 Å². The van der Waals surface area contributed by atoms with Crippen molar-refractivity contribution in [2.75, 3.05) is 26.3 Å². The van der Waals surface area contributed by atoms with Gasteiger partial charge in [0.15, 0.2) is 0 Å². The van der Waals surface area contributed by atoms with Crippen LogP contribution in [0.3, 0.4) is 0 Å². The average molecular weight is 552 g/mol. The predicted octanol–water partition coefficient (Wildman–Crippen LogP) is 3.14. The Morgan fingerprint density at radius 2 is 1.89 bits per heavy atom. The molecule has 4 rings (SSSR count). The van der Waals surface area contributed by atoms with Gasteiger partial charge in [-0.25, -0.2) is 22.8 Å². The SMILES string of the molecule is CCOC(=O)C1=C(COC(=O)c2cc(S(=O)(=O)N3CCCCC3)ccc2Cl)NC(=O)NC1c1ccco1. The van der Waals surface area contributed by atoms with Gasteiger partial charge in [-0.15, -0.1) is 0 Å². The molecule has 2 aliphatic rings. The van der Waals surface area contributed by atoms with E-state index >= 15 is 0 Å². The fraction of sp³-hybridized carbons (Fsp3) is 0.375. The summed E-state index contributed by atoms with van der Waals surface area (Å²) in [5.41, 5.74) is -0.178. The highest BCUT2D eigenvalue weighted by Gasteiger charge is 2.36. The van der Waals surface area contributed by atoms with Gasteiger partial charge in [-0.2, -0.15) is 4.31 Å². The second-order valence-electron chi connectivity index (χ2n) is 8.34. The molecule has 11 nitrogen and oxygen atoms in total. The van der Waals surface area contributed by atoms with E-state index in [2.05, 4.69) is 10.6 Å². The minimum atomic E-state index is -3.82. The Bertz CT molecular complexity index is 1320. The third-order valence-electron chi connectivity index (χ3n) is 5.93. The Morgan fingerprint density at radius 3 is 2.57 bits per heavy atom. The lowest BCUT2D eigenvalue weighted by atomic mass is 10.0. The number of nitrogens with zero attached hydrogens (tertiary/aromatic N) is 1. The van der Waals surface area contributed by atoms with Crippen molar-refractivity contribution < 1.29 is 36.7 Å². The summed E-state index contributed by atoms with van der Waals surface area (Å²) in [4.78, 5) is 37.9. The van der Waals surface area contributed by atoms with E-state index < -0.39 is 40.6 Å². The highest BCUT2D eigenvalue weighted by Crippen LogP contribution is 2.29. The van der Waals surface area contributed by atoms with Gasteiger partial charge in [0, 0.05) is 13.1 Å². The number of rotatable bonds is 8. The largest absolute Gasteiger partial charge is 0.467 e. The molecular formula is C24H26ClN3O8S. The second-order valence-corrected chi connectivity index (χ2v) is 10.7. The summed E-state index contributed by atoms with van der Waals surface area (Å²) < 4.78 is 43.3. The summed E-state index contributed by atoms with van der Waals surface area (Å²) in [6, 6.07) is 5.38. The molecule has 198 valence electrons. The standard InChI is InChI=1S/C24H26ClN3O8S/c1-2-34-23(30)20-18(26-24(31)27-21(20)19-7-6-12-35-19)14-36-22(29)16-13-15(8-9-17(16)25)37(32,33)28-10-4-3-5-11-28/h6-9,12-13,21H,2-5,10-11,14H2,1H3,(H2,26,27,31). The quantitative estimate of drug-likeness (QED) is 0.476. The number of carbonyl (C=O) groups excluding carboxylic acids is 3. The lowest BCUT2D eigenvalue weighted by Crippen LogP contribution is -2.47. The number of esters is 2. The molecule has 2 aliphatic heterocycles. The monoisotopic (exact) mass is 551 g/mol. The minimum absolute atomic E-state index is 0.00303. The van der Waals surface area contributed by atoms with E-state index in [0.717, 1.165) is 19.3 Å². The molecule has 0 radical (unpaired) electrons. The van der Waals surface area contributed by atoms with Crippen molar-refractivity contribution in [1.82, 2.24) is 14.9 Å². The van der Waals surface area contributed by atoms with Crippen LogP contribution in [-0.2, 0) is 24.3 Å². The number of hydrogen-bond acceptors (Lipinski definition) is 8. The number of amides is 2. The van der Waals surface area contributed by atoms with Crippen molar-refractivity contribution in [2.45, 2.75) is 37.1 Å². The van der Waals surface area contributed by atoms with Crippen LogP contribution in [-0.4, -0.2) is 57.0 Å². The van der Waals surface area contributed by atoms with Crippen LogP contribution >= 0.6 is 11.6 Å². The first-order valence-corrected chi connectivity index (χ1v) is 13.5. The first-order valence-electron chi connectivity index (χ1n) is 11.7. The molecule has 1 unspecified atom stereocenters. The van der Waals surface area contributed by atoms with Crippen molar-refractivity contribution in [3.63, 3.8) is 0 Å². The molecular weight excluding hydrogens is 526 g/mol. The molecule has 2 N–H and O–H groups in total. The Morgan fingerprint density at radius 1 is 1.14 bits per heavy atom. The van der Waals surface area contributed by atoms with E-state index in [4.69, 9.17) is 25.5 Å². The fourth-order valence-electron chi connectivity index (χ4n) is 4.14. The van der Waals surface area contributed by atoms with E-state index in [9.17, 15) is 22.8 Å². The molecule has 0 spiro atoms. The Hall–Kier alpha value is -3.35. The van der Waals surface area contributed by atoms with E-state index in [-0.39, 0.29) is 39.1 Å². The van der Waals surface area contributed by atoms with Crippen LogP contribution in [0.15, 0.2) is 57.2 Å². The molecule has 13 heteroatoms. The number of benzene rings is 1. The van der Waals surface area contributed by atoms with Crippen LogP contribution in [0, 0.1) is 0 Å². The summed E-state index contributed by atoms with van der Waals surface area (Å²) in [6.45, 7) is 1.99. The molecule has 0 aliphatic carbocycles. The summed E-state index contributed by atoms with van der Waals surface area (Å²) in [7, 11) is -3.82. The number of furan rings is 1. The number of hydrogen-bond donors (Lipinski definition) is 2. The molecule has 0 bridgehead atoms. The van der Waals surface area contributed by atoms with Gasteiger partial charge in [0.2, 0.25) is 10.0 Å². The summed E-state index contributed by atoms with van der Waals surface area (Å²) >= 11 is 6.20. The van der Waals surface area contributed by atoms with E-state index in [1.807, 2.05) is 0 Å². The van der Waals surface area contributed by atoms with Crippen molar-refractivity contribution >= 4 is 39.6 Å². The number of urea groups is 1. The van der Waals surface area contributed by atoms with Crippen LogP contribution in [0.2, 0.25) is 5.02 Å². The Balaban J connectivity index is 1.60. The Labute approximate surface area is 218 Å². The zero-order chi connectivity index (χ0) is 26.6. The minimum Gasteiger partial charge on any atom is -0.467 e. The van der Waals surface area contributed by atoms with Crippen molar-refractivity contribution in [3.8, 4) is 0 Å². The molecule has 1 aromatic heterocycles. The van der Waals surface area contributed by atoms with Gasteiger partial charge in [0.25, 0.3) is 0 Å². The number of ether oxygens (including phenoxy) is 2. The van der Waals surface area contributed by atoms with Crippen LogP contribution in [0.5, 0.6) is 0 Å². The van der Waals surface area contributed by atoms with Crippen molar-refractivity contribution in [2.24, 2.45) is 0 Å². The maximum Gasteiger partial charge on any atom is 0.340 e. The molecule has 1 saturated heterocycles. The zero-order valence-corrected chi connectivity index (χ0v) is 21.6. The Kier molecular flexibility index (Phi) is 8.20. The van der Waals surface area contributed by atoms with E-state index in [1.165, 1.54) is 28.8 Å². The third kappa shape index (κ3) is 5.81. The topological polar surface area (TPSA) is 144 Å². The number of carbonyl (C=O) groups is 3. The van der Waals surface area contributed by atoms with Crippen LogP contribution < -0.4 is 10.6 Å². The lowest BCUT2D eigenvalue weighted by Gasteiger charge is -2.27. The second kappa shape index (κ2) is 11.4. The van der Waals surface area contributed by atoms with Crippen LogP contribution in [0.1, 0.15) is 48.3 Å². The van der Waals surface area contributed by atoms with Gasteiger partial charge < -0.3 is 24.5 Å². The first-order chi connectivity index (χ1) is 17.7. The van der Waals surface area contributed by atoms with E-state index in [1.54, 1.807) is 19.1 Å². The molecule has 2 amide bonds. The fourth-order valence-corrected chi connectivity index (χ4v) is 5.88. The van der Waals surface area contributed by atoms with Gasteiger partial charge in [-0.1, -0.05) is 18.0 Å². The number of sulfonamides is 1. The highest BCUT2D eigenvalue weighted by molar-refractivity contribution is 7.89. The highest BCUT2D eigenvalue weighted by atomic mass is 35.5. The van der Waals surface area contributed by atoms with Gasteiger partial charge >= 0.3 is 18.0 Å². The number of piperidine rings is 1. The average Bonchev–Trinajstić information content (AvgIpc) is 3.43. The molecule has 37 heavy (non-hydrogen) atoms. The maximum absolute atomic E-state index is 13.1. The molecule has 1 aromatic carbocycles. The molecule has 1 atom stereocenters.